The molecular weight excluding hydrogens is 324 g/mol. The maximum Gasteiger partial charge on any atom is 0.408 e. The number of alkyl halides is 4. The molecule has 0 aromatic heterocycles. The number of carbonyl (C=O) groups is 1. The molecule has 0 spiro atoms. The largest absolute Gasteiger partial charge is 0.408 e. The molecule has 24 heavy (non-hydrogen) atoms. The van der Waals surface area contributed by atoms with Crippen molar-refractivity contribution < 1.29 is 22.4 Å². The number of hydrogen-bond acceptors (Lipinski definition) is 2. The summed E-state index contributed by atoms with van der Waals surface area (Å²) in [6.07, 6.45) is -4.56. The fourth-order valence-electron chi connectivity index (χ4n) is 3.44. The molecule has 0 saturated carbocycles. The fraction of sp³-hybridized carbons (Fsp3) is 0.588. The molecule has 0 N–H and O–H groups in total. The summed E-state index contributed by atoms with van der Waals surface area (Å²) < 4.78 is 52.4. The molecule has 132 valence electrons. The van der Waals surface area contributed by atoms with Crippen LogP contribution in [-0.4, -0.2) is 53.7 Å². The molecule has 3 nitrogen and oxygen atoms in total. The third-order valence-electron chi connectivity index (χ3n) is 4.69. The van der Waals surface area contributed by atoms with Crippen LogP contribution in [0.15, 0.2) is 24.3 Å². The Morgan fingerprint density at radius 1 is 1.12 bits per heavy atom. The van der Waals surface area contributed by atoms with Crippen LogP contribution < -0.4 is 0 Å². The highest BCUT2D eigenvalue weighted by atomic mass is 19.4. The number of halogens is 4. The van der Waals surface area contributed by atoms with Crippen molar-refractivity contribution in [1.82, 2.24) is 9.80 Å². The summed E-state index contributed by atoms with van der Waals surface area (Å²) in [4.78, 5) is 15.3. The SMILES string of the molecule is O=C(c1ccc(CN2CCCC2)cc1)N1C[C@@H](F)C[C@@H]1C(F)(F)F. The third kappa shape index (κ3) is 3.71. The first-order chi connectivity index (χ1) is 11.3. The zero-order valence-electron chi connectivity index (χ0n) is 13.2. The van der Waals surface area contributed by atoms with E-state index in [-0.39, 0.29) is 5.56 Å². The van der Waals surface area contributed by atoms with Crippen molar-refractivity contribution in [1.29, 1.82) is 0 Å². The van der Waals surface area contributed by atoms with Crippen molar-refractivity contribution in [3.63, 3.8) is 0 Å². The maximum atomic E-state index is 13.4. The van der Waals surface area contributed by atoms with Gasteiger partial charge in [0.25, 0.3) is 5.91 Å². The molecule has 7 heteroatoms. The lowest BCUT2D eigenvalue weighted by Crippen LogP contribution is -2.44. The molecule has 1 amide bonds. The van der Waals surface area contributed by atoms with Crippen LogP contribution in [-0.2, 0) is 6.54 Å². The Morgan fingerprint density at radius 2 is 1.75 bits per heavy atom. The number of benzene rings is 1. The van der Waals surface area contributed by atoms with Gasteiger partial charge in [-0.05, 0) is 43.6 Å². The van der Waals surface area contributed by atoms with E-state index in [4.69, 9.17) is 0 Å². The lowest BCUT2D eigenvalue weighted by atomic mass is 10.1. The van der Waals surface area contributed by atoms with Crippen molar-refractivity contribution in [2.45, 2.75) is 44.2 Å². The second kappa shape index (κ2) is 6.70. The first kappa shape index (κ1) is 17.2. The quantitative estimate of drug-likeness (QED) is 0.785. The summed E-state index contributed by atoms with van der Waals surface area (Å²) in [6.45, 7) is 2.35. The van der Waals surface area contributed by atoms with Crippen molar-refractivity contribution in [2.75, 3.05) is 19.6 Å². The van der Waals surface area contributed by atoms with Crippen LogP contribution in [0.1, 0.15) is 35.2 Å². The molecule has 0 aliphatic carbocycles. The average Bonchev–Trinajstić information content (AvgIpc) is 3.16. The Bertz CT molecular complexity index is 581. The standard InChI is InChI=1S/C17H20F4N2O/c18-14-9-15(17(19,20)21)23(11-14)16(24)13-5-3-12(4-6-13)10-22-7-1-2-8-22/h3-6,14-15H,1-2,7-11H2/t14-,15+/m0/s1. The van der Waals surface area contributed by atoms with E-state index >= 15 is 0 Å². The monoisotopic (exact) mass is 344 g/mol. The Balaban J connectivity index is 1.70. The van der Waals surface area contributed by atoms with Gasteiger partial charge in [0.2, 0.25) is 0 Å². The summed E-state index contributed by atoms with van der Waals surface area (Å²) in [5, 5.41) is 0. The van der Waals surface area contributed by atoms with E-state index in [0.717, 1.165) is 25.2 Å². The Kier molecular flexibility index (Phi) is 4.80. The van der Waals surface area contributed by atoms with Crippen molar-refractivity contribution >= 4 is 5.91 Å². The molecule has 0 unspecified atom stereocenters. The van der Waals surface area contributed by atoms with Gasteiger partial charge < -0.3 is 4.90 Å². The van der Waals surface area contributed by atoms with Crippen LogP contribution in [0.4, 0.5) is 17.6 Å². The molecule has 0 radical (unpaired) electrons. The van der Waals surface area contributed by atoms with Gasteiger partial charge >= 0.3 is 6.18 Å². The number of hydrogen-bond donors (Lipinski definition) is 0. The molecule has 2 saturated heterocycles. The molecule has 2 heterocycles. The van der Waals surface area contributed by atoms with Gasteiger partial charge in [-0.2, -0.15) is 13.2 Å². The van der Waals surface area contributed by atoms with Crippen LogP contribution >= 0.6 is 0 Å². The summed E-state index contributed by atoms with van der Waals surface area (Å²) >= 11 is 0. The van der Waals surface area contributed by atoms with E-state index in [1.54, 1.807) is 12.1 Å². The van der Waals surface area contributed by atoms with Crippen molar-refractivity contribution in [2.24, 2.45) is 0 Å². The minimum Gasteiger partial charge on any atom is -0.324 e. The summed E-state index contributed by atoms with van der Waals surface area (Å²) in [5.41, 5.74) is 1.19. The minimum absolute atomic E-state index is 0.170. The predicted octanol–water partition coefficient (Wildman–Crippen LogP) is 3.40. The molecular formula is C17H20F4N2O. The van der Waals surface area contributed by atoms with Gasteiger partial charge in [-0.3, -0.25) is 9.69 Å². The van der Waals surface area contributed by atoms with E-state index < -0.39 is 37.3 Å². The second-order valence-electron chi connectivity index (χ2n) is 6.53. The highest BCUT2D eigenvalue weighted by Crippen LogP contribution is 2.34. The molecule has 2 fully saturated rings. The van der Waals surface area contributed by atoms with Crippen LogP contribution in [0.2, 0.25) is 0 Å². The van der Waals surface area contributed by atoms with Gasteiger partial charge in [0.1, 0.15) is 12.2 Å². The highest BCUT2D eigenvalue weighted by molar-refractivity contribution is 5.94. The second-order valence-corrected chi connectivity index (χ2v) is 6.53. The Hall–Kier alpha value is -1.63. The summed E-state index contributed by atoms with van der Waals surface area (Å²) in [7, 11) is 0. The zero-order chi connectivity index (χ0) is 17.3. The van der Waals surface area contributed by atoms with Gasteiger partial charge in [0.15, 0.2) is 0 Å². The normalized spacial score (nSPS) is 25.4. The first-order valence-corrected chi connectivity index (χ1v) is 8.17. The zero-order valence-corrected chi connectivity index (χ0v) is 13.2. The average molecular weight is 344 g/mol. The van der Waals surface area contributed by atoms with Gasteiger partial charge in [0.05, 0.1) is 6.54 Å². The molecule has 2 aliphatic heterocycles. The van der Waals surface area contributed by atoms with Gasteiger partial charge in [-0.1, -0.05) is 12.1 Å². The number of amides is 1. The lowest BCUT2D eigenvalue weighted by Gasteiger charge is -2.26. The fourth-order valence-corrected chi connectivity index (χ4v) is 3.44. The lowest BCUT2D eigenvalue weighted by molar-refractivity contribution is -0.170. The van der Waals surface area contributed by atoms with E-state index in [0.29, 0.717) is 4.90 Å². The topological polar surface area (TPSA) is 23.6 Å². The smallest absolute Gasteiger partial charge is 0.324 e. The van der Waals surface area contributed by atoms with Crippen molar-refractivity contribution in [3.8, 4) is 0 Å². The molecule has 2 atom stereocenters. The summed E-state index contributed by atoms with van der Waals surface area (Å²) in [6, 6.07) is 4.55. The van der Waals surface area contributed by atoms with E-state index in [2.05, 4.69) is 4.90 Å². The van der Waals surface area contributed by atoms with Gasteiger partial charge in [-0.15, -0.1) is 0 Å². The van der Waals surface area contributed by atoms with E-state index in [1.807, 2.05) is 0 Å². The minimum atomic E-state index is -4.60. The van der Waals surface area contributed by atoms with Gasteiger partial charge in [0, 0.05) is 18.5 Å². The Labute approximate surface area is 138 Å². The number of likely N-dealkylation sites (tertiary alicyclic amines) is 2. The molecule has 1 aromatic rings. The molecule has 0 bridgehead atoms. The molecule has 1 aromatic carbocycles. The van der Waals surface area contributed by atoms with Crippen LogP contribution in [0, 0.1) is 0 Å². The summed E-state index contributed by atoms with van der Waals surface area (Å²) in [5.74, 6) is -0.759. The highest BCUT2D eigenvalue weighted by Gasteiger charge is 2.51. The van der Waals surface area contributed by atoms with E-state index in [9.17, 15) is 22.4 Å². The molecule has 3 rings (SSSR count). The maximum absolute atomic E-state index is 13.4. The number of rotatable bonds is 3. The van der Waals surface area contributed by atoms with Crippen LogP contribution in [0.25, 0.3) is 0 Å². The molecule has 2 aliphatic rings. The predicted molar refractivity (Wildman–Crippen MR) is 81.3 cm³/mol. The number of carbonyl (C=O) groups excluding carboxylic acids is 1. The first-order valence-electron chi connectivity index (χ1n) is 8.17. The number of nitrogens with zero attached hydrogens (tertiary/aromatic N) is 2. The Morgan fingerprint density at radius 3 is 2.33 bits per heavy atom. The van der Waals surface area contributed by atoms with E-state index in [1.165, 1.54) is 25.0 Å². The van der Waals surface area contributed by atoms with Crippen LogP contribution in [0.5, 0.6) is 0 Å². The van der Waals surface area contributed by atoms with Crippen molar-refractivity contribution in [3.05, 3.63) is 35.4 Å². The third-order valence-corrected chi connectivity index (χ3v) is 4.69. The van der Waals surface area contributed by atoms with Gasteiger partial charge in [-0.25, -0.2) is 4.39 Å². The van der Waals surface area contributed by atoms with Crippen LogP contribution in [0.3, 0.4) is 0 Å².